The number of hydrogen-bond donors (Lipinski definition) is 2. The van der Waals surface area contributed by atoms with Gasteiger partial charge in [0.2, 0.25) is 0 Å². The standard InChI is InChI=1S/C19H24FN3O3/c1-19(2,25)13-5-4-8-23(11-13)18(24)17-10-15(21-22-17)12-26-16-7-3-6-14(20)9-16/h3,6-7,9-10,13,25H,4-5,8,11-12H2,1-2H3,(H,21,22)/t13-/m0/s1. The zero-order valence-electron chi connectivity index (χ0n) is 15.0. The maximum Gasteiger partial charge on any atom is 0.274 e. The first-order chi connectivity index (χ1) is 12.3. The van der Waals surface area contributed by atoms with Crippen LogP contribution >= 0.6 is 0 Å². The number of carbonyl (C=O) groups excluding carboxylic acids is 1. The number of aromatic amines is 1. The quantitative estimate of drug-likeness (QED) is 0.858. The van der Waals surface area contributed by atoms with Gasteiger partial charge in [0, 0.05) is 25.1 Å². The number of carbonyl (C=O) groups is 1. The van der Waals surface area contributed by atoms with E-state index in [1.807, 2.05) is 0 Å². The van der Waals surface area contributed by atoms with Gasteiger partial charge in [-0.15, -0.1) is 0 Å². The van der Waals surface area contributed by atoms with Gasteiger partial charge in [0.05, 0.1) is 11.3 Å². The van der Waals surface area contributed by atoms with Gasteiger partial charge in [-0.1, -0.05) is 6.07 Å². The van der Waals surface area contributed by atoms with Gasteiger partial charge in [0.25, 0.3) is 5.91 Å². The molecule has 1 fully saturated rings. The number of rotatable bonds is 5. The van der Waals surface area contributed by atoms with Crippen LogP contribution in [0.15, 0.2) is 30.3 Å². The van der Waals surface area contributed by atoms with Gasteiger partial charge >= 0.3 is 0 Å². The Morgan fingerprint density at radius 2 is 2.27 bits per heavy atom. The molecule has 1 aliphatic heterocycles. The van der Waals surface area contributed by atoms with E-state index < -0.39 is 5.60 Å². The molecule has 0 saturated carbocycles. The Balaban J connectivity index is 1.61. The van der Waals surface area contributed by atoms with Crippen LogP contribution in [-0.2, 0) is 6.61 Å². The normalized spacial score (nSPS) is 18.0. The Hall–Kier alpha value is -2.41. The van der Waals surface area contributed by atoms with Gasteiger partial charge < -0.3 is 14.7 Å². The van der Waals surface area contributed by atoms with Crippen LogP contribution in [0.5, 0.6) is 5.75 Å². The lowest BCUT2D eigenvalue weighted by Crippen LogP contribution is -2.47. The summed E-state index contributed by atoms with van der Waals surface area (Å²) in [5.74, 6) is -0.0620. The number of halogens is 1. The van der Waals surface area contributed by atoms with E-state index in [2.05, 4.69) is 10.2 Å². The Bertz CT molecular complexity index is 769. The third-order valence-electron chi connectivity index (χ3n) is 4.75. The molecule has 0 spiro atoms. The molecule has 1 aromatic carbocycles. The molecule has 2 heterocycles. The molecular formula is C19H24FN3O3. The van der Waals surface area contributed by atoms with E-state index in [0.29, 0.717) is 30.2 Å². The lowest BCUT2D eigenvalue weighted by Gasteiger charge is -2.38. The average Bonchev–Trinajstić information content (AvgIpc) is 3.08. The highest BCUT2D eigenvalue weighted by Gasteiger charge is 2.33. The fourth-order valence-electron chi connectivity index (χ4n) is 3.16. The number of benzene rings is 1. The zero-order valence-corrected chi connectivity index (χ0v) is 15.0. The monoisotopic (exact) mass is 361 g/mol. The maximum atomic E-state index is 13.2. The van der Waals surface area contributed by atoms with E-state index in [-0.39, 0.29) is 24.2 Å². The maximum absolute atomic E-state index is 13.2. The fourth-order valence-corrected chi connectivity index (χ4v) is 3.16. The summed E-state index contributed by atoms with van der Waals surface area (Å²) in [7, 11) is 0. The van der Waals surface area contributed by atoms with Crippen molar-refractivity contribution in [2.24, 2.45) is 5.92 Å². The number of amides is 1. The minimum Gasteiger partial charge on any atom is -0.487 e. The van der Waals surface area contributed by atoms with Crippen molar-refractivity contribution in [2.75, 3.05) is 13.1 Å². The van der Waals surface area contributed by atoms with Crippen molar-refractivity contribution in [3.8, 4) is 5.75 Å². The number of H-pyrrole nitrogens is 1. The van der Waals surface area contributed by atoms with Crippen molar-refractivity contribution in [1.29, 1.82) is 0 Å². The fraction of sp³-hybridized carbons (Fsp3) is 0.474. The minimum absolute atomic E-state index is 0.0509. The van der Waals surface area contributed by atoms with Crippen LogP contribution in [-0.4, -0.2) is 44.8 Å². The van der Waals surface area contributed by atoms with E-state index in [1.54, 1.807) is 36.9 Å². The van der Waals surface area contributed by atoms with Crippen LogP contribution in [0, 0.1) is 11.7 Å². The molecule has 0 bridgehead atoms. The molecule has 0 radical (unpaired) electrons. The Morgan fingerprint density at radius 1 is 1.46 bits per heavy atom. The molecule has 3 rings (SSSR count). The lowest BCUT2D eigenvalue weighted by atomic mass is 9.84. The zero-order chi connectivity index (χ0) is 18.7. The molecule has 2 aromatic rings. The van der Waals surface area contributed by atoms with Gasteiger partial charge in [-0.3, -0.25) is 9.89 Å². The number of likely N-dealkylation sites (tertiary alicyclic amines) is 1. The highest BCUT2D eigenvalue weighted by atomic mass is 19.1. The number of aromatic nitrogens is 2. The largest absolute Gasteiger partial charge is 0.487 e. The van der Waals surface area contributed by atoms with Crippen molar-refractivity contribution >= 4 is 5.91 Å². The summed E-state index contributed by atoms with van der Waals surface area (Å²) in [5, 5.41) is 17.1. The SMILES string of the molecule is CC(C)(O)[C@H]1CCCN(C(=O)c2cc(COc3cccc(F)c3)[nH]n2)C1. The van der Waals surface area contributed by atoms with Crippen LogP contribution in [0.2, 0.25) is 0 Å². The second-order valence-corrected chi connectivity index (χ2v) is 7.27. The van der Waals surface area contributed by atoms with Crippen molar-refractivity contribution in [3.05, 3.63) is 47.5 Å². The van der Waals surface area contributed by atoms with Crippen LogP contribution in [0.3, 0.4) is 0 Å². The molecule has 7 heteroatoms. The van der Waals surface area contributed by atoms with E-state index in [1.165, 1.54) is 12.1 Å². The van der Waals surface area contributed by atoms with Gasteiger partial charge in [-0.25, -0.2) is 4.39 Å². The number of nitrogens with one attached hydrogen (secondary N) is 1. The molecule has 140 valence electrons. The van der Waals surface area contributed by atoms with Crippen molar-refractivity contribution in [2.45, 2.75) is 38.9 Å². The van der Waals surface area contributed by atoms with Gasteiger partial charge in [-0.05, 0) is 44.9 Å². The Morgan fingerprint density at radius 3 is 3.00 bits per heavy atom. The predicted molar refractivity (Wildman–Crippen MR) is 94.2 cm³/mol. The summed E-state index contributed by atoms with van der Waals surface area (Å²) in [6.45, 7) is 4.90. The highest BCUT2D eigenvalue weighted by Crippen LogP contribution is 2.27. The number of ether oxygens (including phenoxy) is 1. The van der Waals surface area contributed by atoms with E-state index >= 15 is 0 Å². The van der Waals surface area contributed by atoms with E-state index in [0.717, 1.165) is 12.8 Å². The first-order valence-corrected chi connectivity index (χ1v) is 8.77. The van der Waals surface area contributed by atoms with Crippen molar-refractivity contribution < 1.29 is 19.0 Å². The number of piperidine rings is 1. The third kappa shape index (κ3) is 4.40. The van der Waals surface area contributed by atoms with Crippen LogP contribution in [0.25, 0.3) is 0 Å². The van der Waals surface area contributed by atoms with E-state index in [9.17, 15) is 14.3 Å². The average molecular weight is 361 g/mol. The second kappa shape index (κ2) is 7.45. The lowest BCUT2D eigenvalue weighted by molar-refractivity contribution is -0.0147. The summed E-state index contributed by atoms with van der Waals surface area (Å²) in [6.07, 6.45) is 1.76. The number of hydrogen-bond acceptors (Lipinski definition) is 4. The Labute approximate surface area is 152 Å². The van der Waals surface area contributed by atoms with E-state index in [4.69, 9.17) is 4.74 Å². The smallest absolute Gasteiger partial charge is 0.274 e. The molecule has 6 nitrogen and oxygen atoms in total. The molecular weight excluding hydrogens is 337 g/mol. The summed E-state index contributed by atoms with van der Waals surface area (Å²) in [4.78, 5) is 14.4. The molecule has 26 heavy (non-hydrogen) atoms. The molecule has 1 aliphatic rings. The molecule has 1 saturated heterocycles. The number of aliphatic hydroxyl groups is 1. The third-order valence-corrected chi connectivity index (χ3v) is 4.75. The molecule has 0 aliphatic carbocycles. The summed E-state index contributed by atoms with van der Waals surface area (Å²) >= 11 is 0. The van der Waals surface area contributed by atoms with Crippen LogP contribution in [0.4, 0.5) is 4.39 Å². The first kappa shape index (κ1) is 18.4. The van der Waals surface area contributed by atoms with Crippen molar-refractivity contribution in [3.63, 3.8) is 0 Å². The molecule has 2 N–H and O–H groups in total. The molecule has 1 atom stereocenters. The highest BCUT2D eigenvalue weighted by molar-refractivity contribution is 5.92. The summed E-state index contributed by atoms with van der Waals surface area (Å²) in [6, 6.07) is 7.53. The molecule has 1 aromatic heterocycles. The van der Waals surface area contributed by atoms with Gasteiger partial charge in [0.1, 0.15) is 18.2 Å². The molecule has 1 amide bonds. The molecule has 0 unspecified atom stereocenters. The Kier molecular flexibility index (Phi) is 5.27. The van der Waals surface area contributed by atoms with Gasteiger partial charge in [0.15, 0.2) is 5.69 Å². The number of nitrogens with zero attached hydrogens (tertiary/aromatic N) is 2. The van der Waals surface area contributed by atoms with Crippen LogP contribution in [0.1, 0.15) is 42.9 Å². The van der Waals surface area contributed by atoms with Crippen molar-refractivity contribution in [1.82, 2.24) is 15.1 Å². The predicted octanol–water partition coefficient (Wildman–Crippen LogP) is 2.75. The topological polar surface area (TPSA) is 78.5 Å². The summed E-state index contributed by atoms with van der Waals surface area (Å²) in [5.41, 5.74) is 0.141. The first-order valence-electron chi connectivity index (χ1n) is 8.77. The summed E-state index contributed by atoms with van der Waals surface area (Å²) < 4.78 is 18.7. The van der Waals surface area contributed by atoms with Gasteiger partial charge in [-0.2, -0.15) is 5.10 Å². The second-order valence-electron chi connectivity index (χ2n) is 7.27. The van der Waals surface area contributed by atoms with Crippen LogP contribution < -0.4 is 4.74 Å². The minimum atomic E-state index is -0.811.